The second-order valence-electron chi connectivity index (χ2n) is 4.18. The Labute approximate surface area is 122 Å². The molecule has 21 heavy (non-hydrogen) atoms. The highest BCUT2D eigenvalue weighted by Crippen LogP contribution is 2.28. The van der Waals surface area contributed by atoms with E-state index >= 15 is 0 Å². The summed E-state index contributed by atoms with van der Waals surface area (Å²) in [5, 5.41) is 20.1. The number of carboxylic acids is 1. The van der Waals surface area contributed by atoms with Gasteiger partial charge in [0.1, 0.15) is 6.04 Å². The van der Waals surface area contributed by atoms with E-state index in [2.05, 4.69) is 5.32 Å². The van der Waals surface area contributed by atoms with E-state index in [4.69, 9.17) is 19.7 Å². The fourth-order valence-corrected chi connectivity index (χ4v) is 1.71. The number of hydrogen-bond acceptors (Lipinski definition) is 5. The molecule has 0 bridgehead atoms. The van der Waals surface area contributed by atoms with Crippen LogP contribution in [0.25, 0.3) is 0 Å². The maximum atomic E-state index is 12.0. The van der Waals surface area contributed by atoms with Gasteiger partial charge < -0.3 is 25.0 Å². The molecule has 0 aliphatic heterocycles. The Morgan fingerprint density at radius 3 is 2.57 bits per heavy atom. The van der Waals surface area contributed by atoms with Gasteiger partial charge >= 0.3 is 5.97 Å². The molecule has 116 valence electrons. The summed E-state index contributed by atoms with van der Waals surface area (Å²) in [6.45, 7) is 1.88. The minimum atomic E-state index is -1.20. The topological polar surface area (TPSA) is 105 Å². The van der Waals surface area contributed by atoms with E-state index in [0.717, 1.165) is 0 Å². The van der Waals surface area contributed by atoms with E-state index in [0.29, 0.717) is 18.1 Å². The van der Waals surface area contributed by atoms with Gasteiger partial charge in [-0.3, -0.25) is 4.79 Å². The molecule has 0 heterocycles. The summed E-state index contributed by atoms with van der Waals surface area (Å²) in [5.41, 5.74) is 0.253. The molecule has 7 nitrogen and oxygen atoms in total. The van der Waals surface area contributed by atoms with Crippen LogP contribution in [0, 0.1) is 0 Å². The van der Waals surface area contributed by atoms with Crippen LogP contribution in [0.5, 0.6) is 11.5 Å². The number of aliphatic hydroxyl groups excluding tert-OH is 1. The maximum Gasteiger partial charge on any atom is 0.326 e. The highest BCUT2D eigenvalue weighted by Gasteiger charge is 2.20. The summed E-state index contributed by atoms with van der Waals surface area (Å²) in [6.07, 6.45) is -0.0600. The second-order valence-corrected chi connectivity index (χ2v) is 4.18. The van der Waals surface area contributed by atoms with Crippen LogP contribution in [-0.4, -0.2) is 48.5 Å². The van der Waals surface area contributed by atoms with Gasteiger partial charge in [0.15, 0.2) is 11.5 Å². The number of methoxy groups -OCH3 is 1. The Morgan fingerprint density at radius 2 is 2.05 bits per heavy atom. The lowest BCUT2D eigenvalue weighted by molar-refractivity contribution is -0.139. The summed E-state index contributed by atoms with van der Waals surface area (Å²) < 4.78 is 10.5. The van der Waals surface area contributed by atoms with E-state index in [1.807, 2.05) is 0 Å². The molecular formula is C14H19NO6. The normalized spacial score (nSPS) is 11.6. The summed E-state index contributed by atoms with van der Waals surface area (Å²) in [6, 6.07) is 3.42. The number of carbonyl (C=O) groups is 2. The van der Waals surface area contributed by atoms with Crippen molar-refractivity contribution in [3.63, 3.8) is 0 Å². The number of ether oxygens (including phenoxy) is 2. The van der Waals surface area contributed by atoms with Crippen LogP contribution in [0.15, 0.2) is 18.2 Å². The number of aliphatic hydroxyl groups is 1. The maximum absolute atomic E-state index is 12.0. The molecule has 1 atom stereocenters. The van der Waals surface area contributed by atoms with Crippen molar-refractivity contribution in [1.82, 2.24) is 5.32 Å². The molecular weight excluding hydrogens is 278 g/mol. The Balaban J connectivity index is 2.91. The van der Waals surface area contributed by atoms with Crippen LogP contribution >= 0.6 is 0 Å². The summed E-state index contributed by atoms with van der Waals surface area (Å²) in [7, 11) is 1.49. The van der Waals surface area contributed by atoms with Gasteiger partial charge in [0.2, 0.25) is 0 Å². The van der Waals surface area contributed by atoms with Crippen LogP contribution in [0.2, 0.25) is 0 Å². The largest absolute Gasteiger partial charge is 0.493 e. The molecule has 3 N–H and O–H groups in total. The molecule has 0 aliphatic carbocycles. The molecule has 7 heteroatoms. The highest BCUT2D eigenvalue weighted by molar-refractivity contribution is 5.97. The van der Waals surface area contributed by atoms with Crippen molar-refractivity contribution >= 4 is 11.9 Å². The third-order valence-corrected chi connectivity index (χ3v) is 2.75. The van der Waals surface area contributed by atoms with Gasteiger partial charge in [0, 0.05) is 18.6 Å². The Kier molecular flexibility index (Phi) is 6.48. The van der Waals surface area contributed by atoms with Crippen LogP contribution in [-0.2, 0) is 4.79 Å². The molecule has 0 aliphatic rings. The average molecular weight is 297 g/mol. The lowest BCUT2D eigenvalue weighted by Gasteiger charge is -2.14. The Hall–Kier alpha value is -2.28. The second kappa shape index (κ2) is 8.11. The smallest absolute Gasteiger partial charge is 0.326 e. The molecule has 1 amide bonds. The van der Waals surface area contributed by atoms with Gasteiger partial charge in [0.25, 0.3) is 5.91 Å². The fourth-order valence-electron chi connectivity index (χ4n) is 1.71. The van der Waals surface area contributed by atoms with Crippen LogP contribution in [0.1, 0.15) is 23.7 Å². The van der Waals surface area contributed by atoms with Gasteiger partial charge in [-0.1, -0.05) is 0 Å². The molecule has 0 fully saturated rings. The number of hydrogen-bond donors (Lipinski definition) is 3. The van der Waals surface area contributed by atoms with Gasteiger partial charge in [-0.15, -0.1) is 0 Å². The van der Waals surface area contributed by atoms with E-state index < -0.39 is 17.9 Å². The first kappa shape index (κ1) is 16.8. The van der Waals surface area contributed by atoms with E-state index in [9.17, 15) is 9.59 Å². The number of amides is 1. The van der Waals surface area contributed by atoms with E-state index in [-0.39, 0.29) is 18.6 Å². The average Bonchev–Trinajstić information content (AvgIpc) is 2.46. The lowest BCUT2D eigenvalue weighted by atomic mass is 10.1. The number of benzene rings is 1. The number of carboxylic acid groups (broad SMARTS) is 1. The van der Waals surface area contributed by atoms with Crippen molar-refractivity contribution in [1.29, 1.82) is 0 Å². The van der Waals surface area contributed by atoms with Gasteiger partial charge in [-0.25, -0.2) is 4.79 Å². The number of nitrogens with one attached hydrogen (secondary N) is 1. The van der Waals surface area contributed by atoms with Crippen molar-refractivity contribution in [2.75, 3.05) is 20.3 Å². The van der Waals surface area contributed by atoms with E-state index in [1.54, 1.807) is 13.0 Å². The SMILES string of the molecule is CCOc1cc(C(=O)N[C@H](CCO)C(=O)O)ccc1OC. The van der Waals surface area contributed by atoms with Crippen LogP contribution in [0.4, 0.5) is 0 Å². The summed E-state index contributed by atoms with van der Waals surface area (Å²) in [5.74, 6) is -0.865. The van der Waals surface area contributed by atoms with E-state index in [1.165, 1.54) is 19.2 Å². The minimum absolute atomic E-state index is 0.0600. The van der Waals surface area contributed by atoms with Gasteiger partial charge in [-0.05, 0) is 25.1 Å². The zero-order valence-electron chi connectivity index (χ0n) is 12.0. The third-order valence-electron chi connectivity index (χ3n) is 2.75. The Morgan fingerprint density at radius 1 is 1.33 bits per heavy atom. The third kappa shape index (κ3) is 4.64. The molecule has 0 saturated carbocycles. The van der Waals surface area contributed by atoms with Crippen molar-refractivity contribution < 1.29 is 29.3 Å². The van der Waals surface area contributed by atoms with Crippen LogP contribution < -0.4 is 14.8 Å². The van der Waals surface area contributed by atoms with Crippen molar-refractivity contribution in [3.8, 4) is 11.5 Å². The molecule has 0 unspecified atom stereocenters. The lowest BCUT2D eigenvalue weighted by Crippen LogP contribution is -2.41. The molecule has 1 aromatic rings. The number of rotatable bonds is 8. The zero-order valence-corrected chi connectivity index (χ0v) is 12.0. The van der Waals surface area contributed by atoms with Crippen molar-refractivity contribution in [3.05, 3.63) is 23.8 Å². The first-order chi connectivity index (χ1) is 10.0. The molecule has 0 spiro atoms. The minimum Gasteiger partial charge on any atom is -0.493 e. The predicted octanol–water partition coefficient (Wildman–Crippen LogP) is 0.659. The molecule has 0 saturated heterocycles. The molecule has 1 rings (SSSR count). The number of carbonyl (C=O) groups excluding carboxylic acids is 1. The van der Waals surface area contributed by atoms with Crippen LogP contribution in [0.3, 0.4) is 0 Å². The molecule has 0 radical (unpaired) electrons. The first-order valence-corrected chi connectivity index (χ1v) is 6.48. The molecule has 1 aromatic carbocycles. The molecule has 0 aromatic heterocycles. The number of aliphatic carboxylic acids is 1. The van der Waals surface area contributed by atoms with Crippen molar-refractivity contribution in [2.45, 2.75) is 19.4 Å². The first-order valence-electron chi connectivity index (χ1n) is 6.48. The van der Waals surface area contributed by atoms with Gasteiger partial charge in [-0.2, -0.15) is 0 Å². The van der Waals surface area contributed by atoms with Gasteiger partial charge in [0.05, 0.1) is 13.7 Å². The highest BCUT2D eigenvalue weighted by atomic mass is 16.5. The Bertz CT molecular complexity index is 502. The quantitative estimate of drug-likeness (QED) is 0.651. The predicted molar refractivity (Wildman–Crippen MR) is 74.8 cm³/mol. The monoisotopic (exact) mass is 297 g/mol. The summed E-state index contributed by atoms with van der Waals surface area (Å²) in [4.78, 5) is 23.0. The fraction of sp³-hybridized carbons (Fsp3) is 0.429. The standard InChI is InChI=1S/C14H19NO6/c1-3-21-12-8-9(4-5-11(12)20-2)13(17)15-10(6-7-16)14(18)19/h4-5,8,10,16H,3,6-7H2,1-2H3,(H,15,17)(H,18,19)/t10-/m1/s1. The zero-order chi connectivity index (χ0) is 15.8. The summed E-state index contributed by atoms with van der Waals surface area (Å²) >= 11 is 0. The van der Waals surface area contributed by atoms with Crippen molar-refractivity contribution in [2.24, 2.45) is 0 Å².